The van der Waals surface area contributed by atoms with Gasteiger partial charge in [-0.25, -0.2) is 0 Å². The fourth-order valence-corrected chi connectivity index (χ4v) is 1.56. The van der Waals surface area contributed by atoms with E-state index in [0.29, 0.717) is 5.82 Å². The second-order valence-electron chi connectivity index (χ2n) is 3.52. The SMILES string of the molecule is COc1ccccc1-c1ccc(NCC#N)nn1. The maximum Gasteiger partial charge on any atom is 0.149 e. The highest BCUT2D eigenvalue weighted by Crippen LogP contribution is 2.27. The van der Waals surface area contributed by atoms with Crippen LogP contribution in [-0.4, -0.2) is 23.9 Å². The number of nitrogens with one attached hydrogen (secondary N) is 1. The molecule has 0 atom stereocenters. The van der Waals surface area contributed by atoms with E-state index in [0.717, 1.165) is 17.0 Å². The minimum Gasteiger partial charge on any atom is -0.496 e. The molecule has 0 saturated heterocycles. The van der Waals surface area contributed by atoms with Gasteiger partial charge in [-0.05, 0) is 24.3 Å². The van der Waals surface area contributed by atoms with Crippen LogP contribution in [0.5, 0.6) is 5.75 Å². The van der Waals surface area contributed by atoms with E-state index in [4.69, 9.17) is 10.00 Å². The Bertz CT molecular complexity index is 560. The summed E-state index contributed by atoms with van der Waals surface area (Å²) in [4.78, 5) is 0. The van der Waals surface area contributed by atoms with Crippen molar-refractivity contribution in [2.45, 2.75) is 0 Å². The maximum atomic E-state index is 8.45. The second kappa shape index (κ2) is 5.64. The fourth-order valence-electron chi connectivity index (χ4n) is 1.56. The number of ether oxygens (including phenoxy) is 1. The highest BCUT2D eigenvalue weighted by atomic mass is 16.5. The summed E-state index contributed by atoms with van der Waals surface area (Å²) in [7, 11) is 1.62. The average molecular weight is 240 g/mol. The molecular formula is C13H12N4O. The van der Waals surface area contributed by atoms with Gasteiger partial charge in [-0.2, -0.15) is 5.26 Å². The Morgan fingerprint density at radius 3 is 2.72 bits per heavy atom. The third kappa shape index (κ3) is 2.55. The van der Waals surface area contributed by atoms with Crippen LogP contribution in [0.2, 0.25) is 0 Å². The average Bonchev–Trinajstić information content (AvgIpc) is 2.45. The standard InChI is InChI=1S/C13H12N4O/c1-18-12-5-3-2-4-10(12)11-6-7-13(17-16-11)15-9-8-14/h2-7H,9H2,1H3,(H,15,17). The molecular weight excluding hydrogens is 228 g/mol. The third-order valence-electron chi connectivity index (χ3n) is 2.40. The van der Waals surface area contributed by atoms with Crippen molar-refractivity contribution in [2.24, 2.45) is 0 Å². The quantitative estimate of drug-likeness (QED) is 0.828. The molecule has 90 valence electrons. The molecule has 5 nitrogen and oxygen atoms in total. The maximum absolute atomic E-state index is 8.45. The number of hydrogen-bond donors (Lipinski definition) is 1. The zero-order chi connectivity index (χ0) is 12.8. The summed E-state index contributed by atoms with van der Waals surface area (Å²) in [6.07, 6.45) is 0. The topological polar surface area (TPSA) is 70.8 Å². The first kappa shape index (κ1) is 11.9. The van der Waals surface area contributed by atoms with E-state index >= 15 is 0 Å². The van der Waals surface area contributed by atoms with Gasteiger partial charge in [0.15, 0.2) is 0 Å². The molecule has 0 aliphatic rings. The third-order valence-corrected chi connectivity index (χ3v) is 2.40. The predicted octanol–water partition coefficient (Wildman–Crippen LogP) is 2.09. The lowest BCUT2D eigenvalue weighted by Crippen LogP contribution is -2.02. The summed E-state index contributed by atoms with van der Waals surface area (Å²) in [5.41, 5.74) is 1.62. The van der Waals surface area contributed by atoms with Gasteiger partial charge in [0.25, 0.3) is 0 Å². The highest BCUT2D eigenvalue weighted by Gasteiger charge is 2.06. The summed E-state index contributed by atoms with van der Waals surface area (Å²) in [6.45, 7) is 0.211. The molecule has 0 unspecified atom stereocenters. The Labute approximate surface area is 105 Å². The van der Waals surface area contributed by atoms with Crippen molar-refractivity contribution in [3.63, 3.8) is 0 Å². The van der Waals surface area contributed by atoms with E-state index in [9.17, 15) is 0 Å². The van der Waals surface area contributed by atoms with Crippen LogP contribution in [-0.2, 0) is 0 Å². The van der Waals surface area contributed by atoms with Crippen LogP contribution in [0.25, 0.3) is 11.3 Å². The van der Waals surface area contributed by atoms with Crippen molar-refractivity contribution in [1.82, 2.24) is 10.2 Å². The van der Waals surface area contributed by atoms with Crippen LogP contribution in [0.4, 0.5) is 5.82 Å². The molecule has 1 N–H and O–H groups in total. The summed E-state index contributed by atoms with van der Waals surface area (Å²) < 4.78 is 5.27. The van der Waals surface area contributed by atoms with Crippen molar-refractivity contribution < 1.29 is 4.74 Å². The zero-order valence-corrected chi connectivity index (χ0v) is 9.92. The minimum absolute atomic E-state index is 0.211. The van der Waals surface area contributed by atoms with E-state index in [2.05, 4.69) is 15.5 Å². The molecule has 0 saturated carbocycles. The lowest BCUT2D eigenvalue weighted by atomic mass is 10.1. The van der Waals surface area contributed by atoms with Crippen LogP contribution in [0, 0.1) is 11.3 Å². The van der Waals surface area contributed by atoms with Crippen molar-refractivity contribution in [1.29, 1.82) is 5.26 Å². The molecule has 18 heavy (non-hydrogen) atoms. The summed E-state index contributed by atoms with van der Waals surface area (Å²) >= 11 is 0. The molecule has 0 aliphatic carbocycles. The molecule has 0 amide bonds. The summed E-state index contributed by atoms with van der Waals surface area (Å²) in [6, 6.07) is 13.2. The number of benzene rings is 1. The predicted molar refractivity (Wildman–Crippen MR) is 68.1 cm³/mol. The Hall–Kier alpha value is -2.61. The Morgan fingerprint density at radius 2 is 2.06 bits per heavy atom. The van der Waals surface area contributed by atoms with Crippen molar-refractivity contribution in [2.75, 3.05) is 19.0 Å². The second-order valence-corrected chi connectivity index (χ2v) is 3.52. The number of nitriles is 1. The normalized spacial score (nSPS) is 9.56. The van der Waals surface area contributed by atoms with Crippen LogP contribution in [0.15, 0.2) is 36.4 Å². The van der Waals surface area contributed by atoms with Gasteiger partial charge in [-0.3, -0.25) is 0 Å². The smallest absolute Gasteiger partial charge is 0.149 e. The molecule has 1 aromatic heterocycles. The number of methoxy groups -OCH3 is 1. The van der Waals surface area contributed by atoms with Crippen LogP contribution < -0.4 is 10.1 Å². The van der Waals surface area contributed by atoms with E-state index in [1.165, 1.54) is 0 Å². The molecule has 2 aromatic rings. The first-order valence-corrected chi connectivity index (χ1v) is 5.43. The fraction of sp³-hybridized carbons (Fsp3) is 0.154. The zero-order valence-electron chi connectivity index (χ0n) is 9.92. The van der Waals surface area contributed by atoms with Crippen molar-refractivity contribution in [3.8, 4) is 23.1 Å². The van der Waals surface area contributed by atoms with Crippen LogP contribution in [0.3, 0.4) is 0 Å². The van der Waals surface area contributed by atoms with Gasteiger partial charge in [0.1, 0.15) is 18.1 Å². The van der Waals surface area contributed by atoms with Gasteiger partial charge in [0.05, 0.1) is 18.9 Å². The number of nitrogens with zero attached hydrogens (tertiary/aromatic N) is 3. The van der Waals surface area contributed by atoms with Gasteiger partial charge >= 0.3 is 0 Å². The first-order chi connectivity index (χ1) is 8.85. The summed E-state index contributed by atoms with van der Waals surface area (Å²) in [5, 5.41) is 19.4. The van der Waals surface area contributed by atoms with E-state index in [-0.39, 0.29) is 6.54 Å². The van der Waals surface area contributed by atoms with Crippen LogP contribution >= 0.6 is 0 Å². The number of hydrogen-bond acceptors (Lipinski definition) is 5. The van der Waals surface area contributed by atoms with Gasteiger partial charge in [-0.15, -0.1) is 10.2 Å². The van der Waals surface area contributed by atoms with Gasteiger partial charge in [-0.1, -0.05) is 12.1 Å². The first-order valence-electron chi connectivity index (χ1n) is 5.43. The molecule has 2 rings (SSSR count). The number of rotatable bonds is 4. The lowest BCUT2D eigenvalue weighted by molar-refractivity contribution is 0.416. The Kier molecular flexibility index (Phi) is 3.72. The molecule has 1 aromatic carbocycles. The van der Waals surface area contributed by atoms with Gasteiger partial charge in [0, 0.05) is 5.56 Å². The largest absolute Gasteiger partial charge is 0.496 e. The molecule has 5 heteroatoms. The molecule has 0 spiro atoms. The molecule has 0 fully saturated rings. The van der Waals surface area contributed by atoms with E-state index < -0.39 is 0 Å². The molecule has 0 bridgehead atoms. The number of aromatic nitrogens is 2. The van der Waals surface area contributed by atoms with Crippen LogP contribution in [0.1, 0.15) is 0 Å². The monoisotopic (exact) mass is 240 g/mol. The minimum atomic E-state index is 0.211. The lowest BCUT2D eigenvalue weighted by Gasteiger charge is -2.07. The van der Waals surface area contributed by atoms with E-state index in [1.807, 2.05) is 36.4 Å². The molecule has 0 radical (unpaired) electrons. The van der Waals surface area contributed by atoms with E-state index in [1.54, 1.807) is 13.2 Å². The Balaban J connectivity index is 2.26. The highest BCUT2D eigenvalue weighted by molar-refractivity contribution is 5.67. The Morgan fingerprint density at radius 1 is 1.22 bits per heavy atom. The summed E-state index contributed by atoms with van der Waals surface area (Å²) in [5.74, 6) is 1.33. The van der Waals surface area contributed by atoms with Crippen molar-refractivity contribution in [3.05, 3.63) is 36.4 Å². The van der Waals surface area contributed by atoms with Gasteiger partial charge < -0.3 is 10.1 Å². The number of anilines is 1. The van der Waals surface area contributed by atoms with Gasteiger partial charge in [0.2, 0.25) is 0 Å². The molecule has 0 aliphatic heterocycles. The molecule has 1 heterocycles. The van der Waals surface area contributed by atoms with Crippen molar-refractivity contribution >= 4 is 5.82 Å². The number of para-hydroxylation sites is 1.